The van der Waals surface area contributed by atoms with E-state index in [4.69, 9.17) is 9.47 Å². The highest BCUT2D eigenvalue weighted by molar-refractivity contribution is 5.90. The number of rotatable bonds is 4. The Balaban J connectivity index is 2.01. The van der Waals surface area contributed by atoms with Gasteiger partial charge in [0.2, 0.25) is 0 Å². The molecule has 1 aromatic rings. The molecule has 0 spiro atoms. The second kappa shape index (κ2) is 4.66. The first kappa shape index (κ1) is 11.1. The van der Waals surface area contributed by atoms with Crippen molar-refractivity contribution in [1.29, 1.82) is 0 Å². The Morgan fingerprint density at radius 1 is 1.38 bits per heavy atom. The number of hydrogen-bond donors (Lipinski definition) is 0. The first-order chi connectivity index (χ1) is 7.72. The highest BCUT2D eigenvalue weighted by Gasteiger charge is 2.42. The van der Waals surface area contributed by atoms with Gasteiger partial charge >= 0.3 is 0 Å². The minimum absolute atomic E-state index is 0.117. The van der Waals surface area contributed by atoms with Crippen LogP contribution in [-0.2, 0) is 9.53 Å². The Morgan fingerprint density at radius 2 is 2.12 bits per heavy atom. The first-order valence-corrected chi connectivity index (χ1v) is 5.59. The minimum atomic E-state index is -0.371. The number of para-hydroxylation sites is 1. The summed E-state index contributed by atoms with van der Waals surface area (Å²) < 4.78 is 11.1. The Kier molecular flexibility index (Phi) is 3.25. The van der Waals surface area contributed by atoms with E-state index in [1.807, 2.05) is 38.1 Å². The Labute approximate surface area is 95.4 Å². The topological polar surface area (TPSA) is 35.5 Å². The number of carbonyl (C=O) groups excluding carboxylic acids is 1. The Morgan fingerprint density at radius 3 is 2.75 bits per heavy atom. The largest absolute Gasteiger partial charge is 0.486 e. The highest BCUT2D eigenvalue weighted by atomic mass is 16.5. The quantitative estimate of drug-likeness (QED) is 0.779. The van der Waals surface area contributed by atoms with Crippen molar-refractivity contribution >= 4 is 5.78 Å². The fraction of sp³-hybridized carbons (Fsp3) is 0.462. The molecular weight excluding hydrogens is 204 g/mol. The number of benzene rings is 1. The standard InChI is InChI=1S/C13H16O3/c1-3-15-13-10(14)8-12(13)16-11-7-5-4-6-9(11)2/h4-7,12-13H,3,8H2,1-2H3. The smallest absolute Gasteiger partial charge is 0.169 e. The van der Waals surface area contributed by atoms with Gasteiger partial charge in [0, 0.05) is 13.0 Å². The van der Waals surface area contributed by atoms with Crippen LogP contribution < -0.4 is 4.74 Å². The molecule has 16 heavy (non-hydrogen) atoms. The second-order valence-electron chi connectivity index (χ2n) is 3.97. The van der Waals surface area contributed by atoms with Crippen molar-refractivity contribution in [3.05, 3.63) is 29.8 Å². The van der Waals surface area contributed by atoms with Crippen LogP contribution in [0.5, 0.6) is 5.75 Å². The summed E-state index contributed by atoms with van der Waals surface area (Å²) in [5.74, 6) is 0.977. The summed E-state index contributed by atoms with van der Waals surface area (Å²) >= 11 is 0. The van der Waals surface area contributed by atoms with E-state index in [1.54, 1.807) is 0 Å². The maximum absolute atomic E-state index is 11.3. The maximum atomic E-state index is 11.3. The van der Waals surface area contributed by atoms with Crippen molar-refractivity contribution < 1.29 is 14.3 Å². The van der Waals surface area contributed by atoms with Gasteiger partial charge in [0.25, 0.3) is 0 Å². The van der Waals surface area contributed by atoms with Gasteiger partial charge in [-0.3, -0.25) is 4.79 Å². The van der Waals surface area contributed by atoms with Gasteiger partial charge in [-0.2, -0.15) is 0 Å². The summed E-state index contributed by atoms with van der Waals surface area (Å²) in [7, 11) is 0. The zero-order valence-electron chi connectivity index (χ0n) is 9.60. The molecule has 3 nitrogen and oxygen atoms in total. The number of aryl methyl sites for hydroxylation is 1. The molecule has 0 radical (unpaired) electrons. The third kappa shape index (κ3) is 2.09. The van der Waals surface area contributed by atoms with Gasteiger partial charge in [-0.1, -0.05) is 18.2 Å². The Hall–Kier alpha value is -1.35. The molecule has 0 aromatic heterocycles. The van der Waals surface area contributed by atoms with Crippen LogP contribution in [0.25, 0.3) is 0 Å². The zero-order valence-corrected chi connectivity index (χ0v) is 9.60. The predicted molar refractivity (Wildman–Crippen MR) is 60.6 cm³/mol. The molecular formula is C13H16O3. The molecule has 2 rings (SSSR count). The van der Waals surface area contributed by atoms with Crippen molar-refractivity contribution in [2.24, 2.45) is 0 Å². The minimum Gasteiger partial charge on any atom is -0.486 e. The van der Waals surface area contributed by atoms with Crippen LogP contribution >= 0.6 is 0 Å². The van der Waals surface area contributed by atoms with E-state index >= 15 is 0 Å². The molecule has 0 heterocycles. The lowest BCUT2D eigenvalue weighted by Crippen LogP contribution is -2.52. The number of carbonyl (C=O) groups is 1. The molecule has 2 unspecified atom stereocenters. The fourth-order valence-corrected chi connectivity index (χ4v) is 1.80. The van der Waals surface area contributed by atoms with E-state index in [0.29, 0.717) is 13.0 Å². The molecule has 1 saturated carbocycles. The monoisotopic (exact) mass is 220 g/mol. The van der Waals surface area contributed by atoms with Gasteiger partial charge in [0.05, 0.1) is 0 Å². The van der Waals surface area contributed by atoms with Gasteiger partial charge in [0.1, 0.15) is 11.9 Å². The Bertz CT molecular complexity index is 387. The van der Waals surface area contributed by atoms with Crippen LogP contribution in [0.3, 0.4) is 0 Å². The summed E-state index contributed by atoms with van der Waals surface area (Å²) in [6.07, 6.45) is -0.0305. The predicted octanol–water partition coefficient (Wildman–Crippen LogP) is 2.12. The van der Waals surface area contributed by atoms with Crippen LogP contribution in [0.1, 0.15) is 18.9 Å². The summed E-state index contributed by atoms with van der Waals surface area (Å²) in [5, 5.41) is 0. The molecule has 0 amide bonds. The van der Waals surface area contributed by atoms with Gasteiger partial charge in [-0.15, -0.1) is 0 Å². The molecule has 1 fully saturated rings. The third-order valence-corrected chi connectivity index (χ3v) is 2.78. The van der Waals surface area contributed by atoms with Crippen molar-refractivity contribution in [2.45, 2.75) is 32.5 Å². The zero-order chi connectivity index (χ0) is 11.5. The van der Waals surface area contributed by atoms with Gasteiger partial charge in [-0.25, -0.2) is 0 Å². The summed E-state index contributed by atoms with van der Waals surface area (Å²) in [6, 6.07) is 7.80. The molecule has 1 aliphatic rings. The highest BCUT2D eigenvalue weighted by Crippen LogP contribution is 2.27. The molecule has 0 saturated heterocycles. The number of hydrogen-bond acceptors (Lipinski definition) is 3. The van der Waals surface area contributed by atoms with E-state index < -0.39 is 0 Å². The molecule has 2 atom stereocenters. The molecule has 0 aliphatic heterocycles. The second-order valence-corrected chi connectivity index (χ2v) is 3.97. The van der Waals surface area contributed by atoms with E-state index in [2.05, 4.69) is 0 Å². The number of ketones is 1. The van der Waals surface area contributed by atoms with Crippen LogP contribution in [0.4, 0.5) is 0 Å². The normalized spacial score (nSPS) is 24.0. The molecule has 0 N–H and O–H groups in total. The molecule has 1 aliphatic carbocycles. The van der Waals surface area contributed by atoms with Crippen molar-refractivity contribution in [1.82, 2.24) is 0 Å². The molecule has 0 bridgehead atoms. The summed E-state index contributed by atoms with van der Waals surface area (Å²) in [4.78, 5) is 11.3. The first-order valence-electron chi connectivity index (χ1n) is 5.59. The fourth-order valence-electron chi connectivity index (χ4n) is 1.80. The lowest BCUT2D eigenvalue weighted by molar-refractivity contribution is -0.154. The van der Waals surface area contributed by atoms with Crippen molar-refractivity contribution in [2.75, 3.05) is 6.61 Å². The lowest BCUT2D eigenvalue weighted by Gasteiger charge is -2.34. The number of Topliss-reactive ketones (excluding diaryl/α,β-unsaturated/α-hetero) is 1. The third-order valence-electron chi connectivity index (χ3n) is 2.78. The maximum Gasteiger partial charge on any atom is 0.169 e. The summed E-state index contributed by atoms with van der Waals surface area (Å²) in [6.45, 7) is 4.42. The van der Waals surface area contributed by atoms with E-state index in [0.717, 1.165) is 11.3 Å². The van der Waals surface area contributed by atoms with E-state index in [1.165, 1.54) is 0 Å². The molecule has 3 heteroatoms. The van der Waals surface area contributed by atoms with Gasteiger partial charge in [0.15, 0.2) is 11.9 Å². The van der Waals surface area contributed by atoms with Crippen LogP contribution in [0.15, 0.2) is 24.3 Å². The van der Waals surface area contributed by atoms with E-state index in [9.17, 15) is 4.79 Å². The van der Waals surface area contributed by atoms with Gasteiger partial charge in [-0.05, 0) is 25.5 Å². The van der Waals surface area contributed by atoms with Crippen molar-refractivity contribution in [3.8, 4) is 5.75 Å². The molecule has 1 aromatic carbocycles. The van der Waals surface area contributed by atoms with Crippen LogP contribution in [-0.4, -0.2) is 24.6 Å². The lowest BCUT2D eigenvalue weighted by atomic mass is 9.90. The number of ether oxygens (including phenoxy) is 2. The van der Waals surface area contributed by atoms with Crippen molar-refractivity contribution in [3.63, 3.8) is 0 Å². The average Bonchev–Trinajstić information content (AvgIpc) is 2.28. The SMILES string of the molecule is CCOC1C(=O)CC1Oc1ccccc1C. The summed E-state index contributed by atoms with van der Waals surface area (Å²) in [5.41, 5.74) is 1.08. The van der Waals surface area contributed by atoms with Crippen LogP contribution in [0.2, 0.25) is 0 Å². The van der Waals surface area contributed by atoms with Crippen LogP contribution in [0, 0.1) is 6.92 Å². The van der Waals surface area contributed by atoms with E-state index in [-0.39, 0.29) is 18.0 Å². The average molecular weight is 220 g/mol. The van der Waals surface area contributed by atoms with Gasteiger partial charge < -0.3 is 9.47 Å². The molecule has 86 valence electrons.